The summed E-state index contributed by atoms with van der Waals surface area (Å²) in [5, 5.41) is 12.0. The molecule has 2 aliphatic rings. The SMILES string of the molecule is O=C(O)C1CCCN(C(=O)NC2CCN(c3ccccc3C(F)(F)F)C2)C1. The van der Waals surface area contributed by atoms with Crippen LogP contribution in [0.2, 0.25) is 0 Å². The van der Waals surface area contributed by atoms with Gasteiger partial charge in [0.15, 0.2) is 0 Å². The van der Waals surface area contributed by atoms with E-state index >= 15 is 0 Å². The molecule has 0 aromatic heterocycles. The van der Waals surface area contributed by atoms with Crippen LogP contribution in [0.25, 0.3) is 0 Å². The van der Waals surface area contributed by atoms with Crippen LogP contribution in [0.5, 0.6) is 0 Å². The lowest BCUT2D eigenvalue weighted by molar-refractivity contribution is -0.143. The Kier molecular flexibility index (Phi) is 5.48. The minimum Gasteiger partial charge on any atom is -0.481 e. The lowest BCUT2D eigenvalue weighted by atomic mass is 9.99. The number of carbonyl (C=O) groups is 2. The van der Waals surface area contributed by atoms with Gasteiger partial charge in [0.25, 0.3) is 0 Å². The third kappa shape index (κ3) is 4.45. The lowest BCUT2D eigenvalue weighted by Gasteiger charge is -2.31. The number of likely N-dealkylation sites (tertiary alicyclic amines) is 1. The van der Waals surface area contributed by atoms with Crippen LogP contribution in [-0.2, 0) is 11.0 Å². The van der Waals surface area contributed by atoms with Crippen LogP contribution < -0.4 is 10.2 Å². The van der Waals surface area contributed by atoms with Crippen molar-refractivity contribution in [2.24, 2.45) is 5.92 Å². The molecule has 2 fully saturated rings. The van der Waals surface area contributed by atoms with Crippen molar-refractivity contribution in [3.63, 3.8) is 0 Å². The van der Waals surface area contributed by atoms with E-state index in [1.54, 1.807) is 11.0 Å². The zero-order chi connectivity index (χ0) is 19.6. The predicted molar refractivity (Wildman–Crippen MR) is 92.5 cm³/mol. The topological polar surface area (TPSA) is 72.9 Å². The van der Waals surface area contributed by atoms with Crippen LogP contribution in [0.15, 0.2) is 24.3 Å². The Morgan fingerprint density at radius 3 is 2.56 bits per heavy atom. The van der Waals surface area contributed by atoms with Gasteiger partial charge in [0.1, 0.15) is 0 Å². The van der Waals surface area contributed by atoms with Gasteiger partial charge in [-0.05, 0) is 31.4 Å². The highest BCUT2D eigenvalue weighted by atomic mass is 19.4. The van der Waals surface area contributed by atoms with Gasteiger partial charge in [0, 0.05) is 37.9 Å². The molecule has 2 unspecified atom stereocenters. The van der Waals surface area contributed by atoms with Crippen molar-refractivity contribution in [2.45, 2.75) is 31.5 Å². The van der Waals surface area contributed by atoms with E-state index < -0.39 is 23.6 Å². The standard InChI is InChI=1S/C18H22F3N3O3/c19-18(20,21)14-5-1-2-6-15(14)23-9-7-13(11-23)22-17(27)24-8-3-4-12(10-24)16(25)26/h1-2,5-6,12-13H,3-4,7-11H2,(H,22,27)(H,25,26). The second-order valence-electron chi connectivity index (χ2n) is 7.02. The lowest BCUT2D eigenvalue weighted by Crippen LogP contribution is -2.50. The molecule has 27 heavy (non-hydrogen) atoms. The maximum absolute atomic E-state index is 13.2. The summed E-state index contributed by atoms with van der Waals surface area (Å²) < 4.78 is 39.6. The van der Waals surface area contributed by atoms with E-state index in [0.717, 1.165) is 6.07 Å². The molecule has 0 spiro atoms. The quantitative estimate of drug-likeness (QED) is 0.839. The number of hydrogen-bond donors (Lipinski definition) is 2. The summed E-state index contributed by atoms with van der Waals surface area (Å²) in [6, 6.07) is 4.80. The Labute approximate surface area is 154 Å². The number of nitrogens with one attached hydrogen (secondary N) is 1. The highest BCUT2D eigenvalue weighted by Gasteiger charge is 2.37. The first kappa shape index (κ1) is 19.3. The van der Waals surface area contributed by atoms with Crippen molar-refractivity contribution in [3.05, 3.63) is 29.8 Å². The average Bonchev–Trinajstić information content (AvgIpc) is 3.09. The van der Waals surface area contributed by atoms with Gasteiger partial charge in [-0.3, -0.25) is 4.79 Å². The second-order valence-corrected chi connectivity index (χ2v) is 7.02. The fourth-order valence-electron chi connectivity index (χ4n) is 3.72. The Hall–Kier alpha value is -2.45. The number of aliphatic carboxylic acids is 1. The fraction of sp³-hybridized carbons (Fsp3) is 0.556. The van der Waals surface area contributed by atoms with Crippen LogP contribution in [0.4, 0.5) is 23.7 Å². The van der Waals surface area contributed by atoms with Gasteiger partial charge in [-0.1, -0.05) is 12.1 Å². The maximum Gasteiger partial charge on any atom is 0.418 e. The third-order valence-corrected chi connectivity index (χ3v) is 5.12. The van der Waals surface area contributed by atoms with Gasteiger partial charge in [-0.15, -0.1) is 0 Å². The molecule has 2 N–H and O–H groups in total. The number of piperidine rings is 1. The Morgan fingerprint density at radius 2 is 1.85 bits per heavy atom. The van der Waals surface area contributed by atoms with Gasteiger partial charge in [-0.25, -0.2) is 4.79 Å². The number of alkyl halides is 3. The molecule has 2 heterocycles. The number of amides is 2. The molecule has 0 saturated carbocycles. The third-order valence-electron chi connectivity index (χ3n) is 5.12. The van der Waals surface area contributed by atoms with Gasteiger partial charge < -0.3 is 20.2 Å². The molecule has 0 radical (unpaired) electrons. The first-order chi connectivity index (χ1) is 12.8. The van der Waals surface area contributed by atoms with E-state index in [1.165, 1.54) is 17.0 Å². The summed E-state index contributed by atoms with van der Waals surface area (Å²) in [7, 11) is 0. The minimum atomic E-state index is -4.43. The normalized spacial score (nSPS) is 23.4. The average molecular weight is 385 g/mol. The number of carboxylic acids is 1. The number of nitrogens with zero attached hydrogens (tertiary/aromatic N) is 2. The highest BCUT2D eigenvalue weighted by Crippen LogP contribution is 2.37. The maximum atomic E-state index is 13.2. The van der Waals surface area contributed by atoms with E-state index in [-0.39, 0.29) is 30.8 Å². The largest absolute Gasteiger partial charge is 0.481 e. The van der Waals surface area contributed by atoms with Crippen molar-refractivity contribution in [3.8, 4) is 0 Å². The number of benzene rings is 1. The molecular weight excluding hydrogens is 363 g/mol. The molecule has 9 heteroatoms. The number of urea groups is 1. The molecule has 1 aromatic carbocycles. The molecule has 148 valence electrons. The summed E-state index contributed by atoms with van der Waals surface area (Å²) in [6.07, 6.45) is -2.73. The van der Waals surface area contributed by atoms with Gasteiger partial charge in [0.2, 0.25) is 0 Å². The van der Waals surface area contributed by atoms with Crippen LogP contribution >= 0.6 is 0 Å². The van der Waals surface area contributed by atoms with E-state index in [4.69, 9.17) is 5.11 Å². The van der Waals surface area contributed by atoms with Gasteiger partial charge in [0.05, 0.1) is 11.5 Å². The summed E-state index contributed by atoms with van der Waals surface area (Å²) >= 11 is 0. The molecule has 2 saturated heterocycles. The summed E-state index contributed by atoms with van der Waals surface area (Å²) in [4.78, 5) is 26.6. The monoisotopic (exact) mass is 385 g/mol. The van der Waals surface area contributed by atoms with Crippen molar-refractivity contribution in [1.82, 2.24) is 10.2 Å². The summed E-state index contributed by atoms with van der Waals surface area (Å²) in [5.41, 5.74) is -0.567. The highest BCUT2D eigenvalue weighted by molar-refractivity contribution is 5.77. The molecule has 0 aliphatic carbocycles. The molecule has 6 nitrogen and oxygen atoms in total. The van der Waals surface area contributed by atoms with Crippen LogP contribution in [0, 0.1) is 5.92 Å². The smallest absolute Gasteiger partial charge is 0.418 e. The molecule has 2 amide bonds. The summed E-state index contributed by atoms with van der Waals surface area (Å²) in [6.45, 7) is 1.35. The number of carboxylic acid groups (broad SMARTS) is 1. The Balaban J connectivity index is 1.61. The number of rotatable bonds is 3. The molecule has 3 rings (SSSR count). The van der Waals surface area contributed by atoms with E-state index in [0.29, 0.717) is 32.4 Å². The fourth-order valence-corrected chi connectivity index (χ4v) is 3.72. The van der Waals surface area contributed by atoms with E-state index in [9.17, 15) is 22.8 Å². The van der Waals surface area contributed by atoms with Crippen LogP contribution in [0.1, 0.15) is 24.8 Å². The van der Waals surface area contributed by atoms with Crippen molar-refractivity contribution in [2.75, 3.05) is 31.1 Å². The molecule has 2 atom stereocenters. The van der Waals surface area contributed by atoms with E-state index in [2.05, 4.69) is 5.32 Å². The van der Waals surface area contributed by atoms with Crippen molar-refractivity contribution >= 4 is 17.7 Å². The van der Waals surface area contributed by atoms with Gasteiger partial charge in [-0.2, -0.15) is 13.2 Å². The Morgan fingerprint density at radius 1 is 1.11 bits per heavy atom. The zero-order valence-corrected chi connectivity index (χ0v) is 14.7. The number of para-hydroxylation sites is 1. The first-order valence-corrected chi connectivity index (χ1v) is 8.95. The predicted octanol–water partition coefficient (Wildman–Crippen LogP) is 2.79. The molecular formula is C18H22F3N3O3. The molecule has 1 aromatic rings. The van der Waals surface area contributed by atoms with Crippen molar-refractivity contribution < 1.29 is 27.9 Å². The van der Waals surface area contributed by atoms with Gasteiger partial charge >= 0.3 is 18.2 Å². The number of halogens is 3. The first-order valence-electron chi connectivity index (χ1n) is 8.95. The molecule has 0 bridgehead atoms. The number of hydrogen-bond acceptors (Lipinski definition) is 3. The van der Waals surface area contributed by atoms with Crippen LogP contribution in [0.3, 0.4) is 0 Å². The van der Waals surface area contributed by atoms with Crippen molar-refractivity contribution in [1.29, 1.82) is 0 Å². The number of carbonyl (C=O) groups excluding carboxylic acids is 1. The number of anilines is 1. The zero-order valence-electron chi connectivity index (χ0n) is 14.7. The van der Waals surface area contributed by atoms with E-state index in [1.807, 2.05) is 0 Å². The second kappa shape index (κ2) is 7.66. The Bertz CT molecular complexity index is 711. The molecule has 2 aliphatic heterocycles. The van der Waals surface area contributed by atoms with Crippen LogP contribution in [-0.4, -0.2) is 54.2 Å². The minimum absolute atomic E-state index is 0.116. The summed E-state index contributed by atoms with van der Waals surface area (Å²) in [5.74, 6) is -1.48.